The third-order valence-corrected chi connectivity index (χ3v) is 5.87. The average Bonchev–Trinajstić information content (AvgIpc) is 3.40. The highest BCUT2D eigenvalue weighted by atomic mass is 16.5. The van der Waals surface area contributed by atoms with E-state index in [1.165, 1.54) is 7.11 Å². The van der Waals surface area contributed by atoms with Crippen molar-refractivity contribution in [3.05, 3.63) is 52.5 Å². The van der Waals surface area contributed by atoms with Gasteiger partial charge in [-0.2, -0.15) is 5.10 Å². The Kier molecular flexibility index (Phi) is 5.88. The molecule has 158 valence electrons. The first kappa shape index (κ1) is 20.2. The zero-order valence-corrected chi connectivity index (χ0v) is 17.4. The normalized spacial score (nSPS) is 17.6. The fourth-order valence-electron chi connectivity index (χ4n) is 4.33. The molecule has 2 aliphatic rings. The maximum atomic E-state index is 12.7. The number of rotatable bonds is 5. The van der Waals surface area contributed by atoms with Crippen molar-refractivity contribution in [3.63, 3.8) is 0 Å². The van der Waals surface area contributed by atoms with Crippen molar-refractivity contribution >= 4 is 17.5 Å². The first-order valence-corrected chi connectivity index (χ1v) is 10.5. The molecule has 0 atom stereocenters. The summed E-state index contributed by atoms with van der Waals surface area (Å²) in [6.07, 6.45) is 6.67. The Morgan fingerprint density at radius 3 is 2.63 bits per heavy atom. The highest BCUT2D eigenvalue weighted by molar-refractivity contribution is 6.07. The molecule has 2 amide bonds. The van der Waals surface area contributed by atoms with E-state index in [-0.39, 0.29) is 17.9 Å². The molecule has 4 rings (SSSR count). The second kappa shape index (κ2) is 8.73. The van der Waals surface area contributed by atoms with E-state index >= 15 is 0 Å². The summed E-state index contributed by atoms with van der Waals surface area (Å²) < 4.78 is 11.2. The minimum absolute atomic E-state index is 0.161. The fourth-order valence-corrected chi connectivity index (χ4v) is 4.33. The number of para-hydroxylation sites is 1. The Balaban J connectivity index is 1.55. The molecule has 0 unspecified atom stereocenters. The summed E-state index contributed by atoms with van der Waals surface area (Å²) in [7, 11) is 1.53. The van der Waals surface area contributed by atoms with Gasteiger partial charge in [0, 0.05) is 23.6 Å². The number of aryl methyl sites for hydroxylation is 1. The van der Waals surface area contributed by atoms with Gasteiger partial charge in [-0.3, -0.25) is 9.59 Å². The van der Waals surface area contributed by atoms with Gasteiger partial charge in [0.25, 0.3) is 11.8 Å². The zero-order valence-electron chi connectivity index (χ0n) is 17.4. The van der Waals surface area contributed by atoms with Crippen LogP contribution in [-0.2, 0) is 6.42 Å². The maximum absolute atomic E-state index is 12.7. The van der Waals surface area contributed by atoms with E-state index < -0.39 is 0 Å². The lowest BCUT2D eigenvalue weighted by Crippen LogP contribution is -2.32. The molecule has 1 saturated carbocycles. The van der Waals surface area contributed by atoms with E-state index in [4.69, 9.17) is 9.15 Å². The van der Waals surface area contributed by atoms with Gasteiger partial charge in [-0.1, -0.05) is 25.0 Å². The average molecular weight is 409 g/mol. The number of hydrazone groups is 1. The minimum atomic E-state index is -0.340. The van der Waals surface area contributed by atoms with Crippen molar-refractivity contribution in [1.82, 2.24) is 10.7 Å². The predicted octanol–water partition coefficient (Wildman–Crippen LogP) is 3.74. The third kappa shape index (κ3) is 3.97. The highest BCUT2D eigenvalue weighted by Crippen LogP contribution is 2.30. The summed E-state index contributed by atoms with van der Waals surface area (Å²) in [6, 6.07) is 7.24. The Morgan fingerprint density at radius 1 is 1.10 bits per heavy atom. The zero-order chi connectivity index (χ0) is 21.1. The number of carbonyl (C=O) groups excluding carboxylic acids is 2. The van der Waals surface area contributed by atoms with Gasteiger partial charge in [0.05, 0.1) is 18.4 Å². The number of hydrogen-bond donors (Lipinski definition) is 2. The molecular weight excluding hydrogens is 382 g/mol. The molecule has 0 saturated heterocycles. The van der Waals surface area contributed by atoms with Crippen molar-refractivity contribution in [2.75, 3.05) is 7.11 Å². The van der Waals surface area contributed by atoms with Crippen molar-refractivity contribution < 1.29 is 18.7 Å². The number of fused-ring (bicyclic) bond motifs is 1. The molecule has 7 heteroatoms. The smallest absolute Gasteiger partial charge is 0.287 e. The summed E-state index contributed by atoms with van der Waals surface area (Å²) in [6.45, 7) is 1.88. The number of furan rings is 1. The van der Waals surface area contributed by atoms with Crippen molar-refractivity contribution in [3.8, 4) is 5.75 Å². The van der Waals surface area contributed by atoms with E-state index in [0.717, 1.165) is 61.1 Å². The lowest BCUT2D eigenvalue weighted by molar-refractivity contribution is 0.0906. The Labute approximate surface area is 175 Å². The van der Waals surface area contributed by atoms with Gasteiger partial charge in [-0.05, 0) is 44.7 Å². The van der Waals surface area contributed by atoms with Crippen LogP contribution in [0.25, 0.3) is 0 Å². The number of nitrogens with zero attached hydrogens (tertiary/aromatic N) is 1. The molecule has 1 aromatic carbocycles. The molecule has 0 bridgehead atoms. The molecular formula is C23H27N3O4. The first-order valence-electron chi connectivity index (χ1n) is 10.5. The lowest BCUT2D eigenvalue weighted by Gasteiger charge is -2.14. The summed E-state index contributed by atoms with van der Waals surface area (Å²) in [5.41, 5.74) is 5.42. The number of hydrogen-bond acceptors (Lipinski definition) is 5. The van der Waals surface area contributed by atoms with E-state index in [1.807, 2.05) is 13.0 Å². The van der Waals surface area contributed by atoms with Crippen LogP contribution in [0.5, 0.6) is 5.75 Å². The van der Waals surface area contributed by atoms with Crippen molar-refractivity contribution in [2.24, 2.45) is 5.10 Å². The second-order valence-electron chi connectivity index (χ2n) is 7.86. The molecule has 0 spiro atoms. The van der Waals surface area contributed by atoms with Crippen LogP contribution in [0.15, 0.2) is 33.8 Å². The number of ether oxygens (including phenoxy) is 1. The quantitative estimate of drug-likeness (QED) is 0.736. The molecule has 1 fully saturated rings. The van der Waals surface area contributed by atoms with Crippen LogP contribution in [0.2, 0.25) is 0 Å². The molecule has 2 N–H and O–H groups in total. The van der Waals surface area contributed by atoms with Crippen molar-refractivity contribution in [2.45, 2.75) is 57.9 Å². The molecule has 30 heavy (non-hydrogen) atoms. The molecule has 0 aliphatic heterocycles. The van der Waals surface area contributed by atoms with Crippen LogP contribution in [0, 0.1) is 6.92 Å². The SMILES string of the molecule is COc1ccccc1C(=O)N/N=C1\CCCc2oc(C(=O)NC3CCCC3)c(C)c21. The van der Waals surface area contributed by atoms with E-state index in [2.05, 4.69) is 15.8 Å². The summed E-state index contributed by atoms with van der Waals surface area (Å²) in [5.74, 6) is 1.11. The topological polar surface area (TPSA) is 92.9 Å². The predicted molar refractivity (Wildman–Crippen MR) is 113 cm³/mol. The van der Waals surface area contributed by atoms with Gasteiger partial charge in [0.2, 0.25) is 0 Å². The molecule has 2 aromatic rings. The first-order chi connectivity index (χ1) is 14.6. The monoisotopic (exact) mass is 409 g/mol. The van der Waals surface area contributed by atoms with E-state index in [9.17, 15) is 9.59 Å². The molecule has 7 nitrogen and oxygen atoms in total. The maximum Gasteiger partial charge on any atom is 0.287 e. The lowest BCUT2D eigenvalue weighted by atomic mass is 9.93. The Morgan fingerprint density at radius 2 is 1.87 bits per heavy atom. The van der Waals surface area contributed by atoms with Crippen LogP contribution in [0.1, 0.15) is 76.3 Å². The van der Waals surface area contributed by atoms with Gasteiger partial charge < -0.3 is 14.5 Å². The number of amides is 2. The van der Waals surface area contributed by atoms with Gasteiger partial charge >= 0.3 is 0 Å². The van der Waals surface area contributed by atoms with Crippen LogP contribution in [0.4, 0.5) is 0 Å². The number of benzene rings is 1. The largest absolute Gasteiger partial charge is 0.496 e. The summed E-state index contributed by atoms with van der Waals surface area (Å²) >= 11 is 0. The number of nitrogens with one attached hydrogen (secondary N) is 2. The number of carbonyl (C=O) groups is 2. The Hall–Kier alpha value is -3.09. The highest BCUT2D eigenvalue weighted by Gasteiger charge is 2.29. The van der Waals surface area contributed by atoms with Gasteiger partial charge in [-0.15, -0.1) is 0 Å². The molecule has 0 radical (unpaired) electrons. The molecule has 1 heterocycles. The second-order valence-corrected chi connectivity index (χ2v) is 7.86. The van der Waals surface area contributed by atoms with Crippen molar-refractivity contribution in [1.29, 1.82) is 0 Å². The van der Waals surface area contributed by atoms with Gasteiger partial charge in [0.1, 0.15) is 11.5 Å². The van der Waals surface area contributed by atoms with Crippen LogP contribution < -0.4 is 15.5 Å². The van der Waals surface area contributed by atoms with Crippen LogP contribution in [0.3, 0.4) is 0 Å². The van der Waals surface area contributed by atoms with Crippen LogP contribution >= 0.6 is 0 Å². The van der Waals surface area contributed by atoms with E-state index in [0.29, 0.717) is 23.5 Å². The molecule has 2 aliphatic carbocycles. The van der Waals surface area contributed by atoms with Gasteiger partial charge in [-0.25, -0.2) is 5.43 Å². The minimum Gasteiger partial charge on any atom is -0.496 e. The summed E-state index contributed by atoms with van der Waals surface area (Å²) in [5, 5.41) is 7.47. The molecule has 1 aromatic heterocycles. The standard InChI is InChI=1S/C23H27N3O4/c1-14-20-17(25-26-22(27)16-10-5-6-12-18(16)29-2)11-7-13-19(20)30-21(14)23(28)24-15-8-3-4-9-15/h5-6,10,12,15H,3-4,7-9,11,13H2,1-2H3,(H,24,28)(H,26,27)/b25-17+. The fraction of sp³-hybridized carbons (Fsp3) is 0.435. The van der Waals surface area contributed by atoms with Gasteiger partial charge in [0.15, 0.2) is 5.76 Å². The third-order valence-electron chi connectivity index (χ3n) is 5.87. The number of methoxy groups -OCH3 is 1. The van der Waals surface area contributed by atoms with Crippen LogP contribution in [-0.4, -0.2) is 30.7 Å². The van der Waals surface area contributed by atoms with E-state index in [1.54, 1.807) is 18.2 Å². The summed E-state index contributed by atoms with van der Waals surface area (Å²) in [4.78, 5) is 25.3. The Bertz CT molecular complexity index is 986.